The molecule has 0 spiro atoms. The Hall–Kier alpha value is -2.64. The molecule has 3 aromatic rings. The summed E-state index contributed by atoms with van der Waals surface area (Å²) in [6, 6.07) is 15.5. The van der Waals surface area contributed by atoms with Gasteiger partial charge in [-0.3, -0.25) is 4.98 Å². The molecular formula is C27H35N5O5S-. The SMILES string of the molecule is CN(C)c1cccc2c(S(=O)(=O)N(Cc3cccc(CO)n3)CC3N([O])C(C)(C)C(C)(C)N3[O-])cccc12. The Morgan fingerprint density at radius 2 is 1.55 bits per heavy atom. The van der Waals surface area contributed by atoms with Gasteiger partial charge >= 0.3 is 0 Å². The van der Waals surface area contributed by atoms with Gasteiger partial charge in [0.15, 0.2) is 0 Å². The Labute approximate surface area is 224 Å². The molecule has 11 heteroatoms. The van der Waals surface area contributed by atoms with E-state index in [2.05, 4.69) is 4.98 Å². The lowest BCUT2D eigenvalue weighted by Crippen LogP contribution is -2.51. The standard InChI is InChI=1S/C27H35N5O5S/c1-26(2)27(3,4)32(35)25(31(26)34)17-30(16-19-10-7-11-20(18-33)28-19)38(36,37)24-15-9-12-21-22(24)13-8-14-23(21)29(5)6/h7-15,25,33H,16-18H2,1-6H3/q-1. The first kappa shape index (κ1) is 28.4. The monoisotopic (exact) mass is 541 g/mol. The highest BCUT2D eigenvalue weighted by Crippen LogP contribution is 2.42. The van der Waals surface area contributed by atoms with Gasteiger partial charge in [-0.25, -0.2) is 8.42 Å². The Bertz CT molecular complexity index is 1410. The van der Waals surface area contributed by atoms with Crippen LogP contribution in [0.3, 0.4) is 0 Å². The van der Waals surface area contributed by atoms with Crippen LogP contribution in [0, 0.1) is 5.21 Å². The van der Waals surface area contributed by atoms with Crippen LogP contribution in [0.5, 0.6) is 0 Å². The van der Waals surface area contributed by atoms with Crippen LogP contribution in [-0.2, 0) is 28.4 Å². The number of aromatic nitrogens is 1. The summed E-state index contributed by atoms with van der Waals surface area (Å²) in [5.74, 6) is 0. The van der Waals surface area contributed by atoms with Gasteiger partial charge in [-0.15, -0.1) is 10.3 Å². The molecule has 2 aromatic carbocycles. The average Bonchev–Trinajstić information content (AvgIpc) is 2.99. The van der Waals surface area contributed by atoms with Gasteiger partial charge in [0.2, 0.25) is 10.0 Å². The Morgan fingerprint density at radius 1 is 0.947 bits per heavy atom. The first-order chi connectivity index (χ1) is 17.7. The highest BCUT2D eigenvalue weighted by atomic mass is 32.2. The fourth-order valence-electron chi connectivity index (χ4n) is 4.86. The highest BCUT2D eigenvalue weighted by Gasteiger charge is 2.55. The molecule has 0 amide bonds. The van der Waals surface area contributed by atoms with Crippen molar-refractivity contribution in [2.45, 2.75) is 63.0 Å². The molecule has 0 aliphatic carbocycles. The maximum Gasteiger partial charge on any atom is 0.244 e. The number of aliphatic hydroxyl groups is 1. The molecule has 0 unspecified atom stereocenters. The maximum atomic E-state index is 14.3. The second-order valence-electron chi connectivity index (χ2n) is 10.8. The number of rotatable bonds is 8. The van der Waals surface area contributed by atoms with Crippen LogP contribution >= 0.6 is 0 Å². The van der Waals surface area contributed by atoms with Gasteiger partial charge in [0.05, 0.1) is 41.1 Å². The lowest BCUT2D eigenvalue weighted by Gasteiger charge is -2.45. The van der Waals surface area contributed by atoms with Crippen molar-refractivity contribution in [3.8, 4) is 0 Å². The molecule has 1 N–H and O–H groups in total. The van der Waals surface area contributed by atoms with Gasteiger partial charge in [0.25, 0.3) is 0 Å². The normalized spacial score (nSPS) is 19.9. The first-order valence-corrected chi connectivity index (χ1v) is 13.9. The molecule has 1 aliphatic rings. The van der Waals surface area contributed by atoms with Crippen molar-refractivity contribution in [1.82, 2.24) is 19.4 Å². The summed E-state index contributed by atoms with van der Waals surface area (Å²) in [6.45, 7) is 5.89. The molecule has 0 saturated carbocycles. The van der Waals surface area contributed by atoms with Gasteiger partial charge in [-0.05, 0) is 52.0 Å². The zero-order valence-corrected chi connectivity index (χ0v) is 23.4. The van der Waals surface area contributed by atoms with Crippen LogP contribution < -0.4 is 4.90 Å². The molecule has 4 rings (SSSR count). The molecule has 0 atom stereocenters. The van der Waals surface area contributed by atoms with E-state index < -0.39 is 27.3 Å². The summed E-state index contributed by atoms with van der Waals surface area (Å²) in [7, 11) is -0.443. The van der Waals surface area contributed by atoms with Crippen LogP contribution in [0.4, 0.5) is 5.69 Å². The third kappa shape index (κ3) is 4.68. The second-order valence-corrected chi connectivity index (χ2v) is 12.8. The van der Waals surface area contributed by atoms with E-state index >= 15 is 0 Å². The summed E-state index contributed by atoms with van der Waals surface area (Å²) in [6.07, 6.45) is -1.26. The van der Waals surface area contributed by atoms with Gasteiger partial charge < -0.3 is 20.3 Å². The number of fused-ring (bicyclic) bond motifs is 1. The predicted octanol–water partition coefficient (Wildman–Crippen LogP) is 3.33. The average molecular weight is 542 g/mol. The maximum absolute atomic E-state index is 14.3. The number of benzene rings is 2. The van der Waals surface area contributed by atoms with Crippen molar-refractivity contribution in [3.05, 3.63) is 71.2 Å². The van der Waals surface area contributed by atoms with Gasteiger partial charge in [0.1, 0.15) is 0 Å². The largest absolute Gasteiger partial charge is 0.784 e. The van der Waals surface area contributed by atoms with Crippen molar-refractivity contribution in [2.75, 3.05) is 25.5 Å². The number of hydrogen-bond acceptors (Lipinski definition) is 8. The molecule has 0 bridgehead atoms. The number of aliphatic hydroxyl groups excluding tert-OH is 1. The van der Waals surface area contributed by atoms with Crippen molar-refractivity contribution < 1.29 is 18.7 Å². The van der Waals surface area contributed by atoms with E-state index in [0.29, 0.717) is 26.9 Å². The second kappa shape index (κ2) is 10.2. The highest BCUT2D eigenvalue weighted by molar-refractivity contribution is 7.89. The number of hydrogen-bond donors (Lipinski definition) is 1. The van der Waals surface area contributed by atoms with Crippen molar-refractivity contribution in [1.29, 1.82) is 0 Å². The van der Waals surface area contributed by atoms with Crippen molar-refractivity contribution >= 4 is 26.5 Å². The topological polar surface area (TPSA) is 123 Å². The summed E-state index contributed by atoms with van der Waals surface area (Å²) in [5.41, 5.74) is -0.465. The molecule has 1 saturated heterocycles. The number of hydroxylamine groups is 4. The van der Waals surface area contributed by atoms with E-state index in [1.807, 2.05) is 31.1 Å². The summed E-state index contributed by atoms with van der Waals surface area (Å²) >= 11 is 0. The fourth-order valence-corrected chi connectivity index (χ4v) is 6.48. The molecule has 2 heterocycles. The van der Waals surface area contributed by atoms with E-state index in [4.69, 9.17) is 0 Å². The van der Waals surface area contributed by atoms with Crippen molar-refractivity contribution in [2.24, 2.45) is 0 Å². The van der Waals surface area contributed by atoms with Gasteiger partial charge in [-0.2, -0.15) is 4.31 Å². The summed E-state index contributed by atoms with van der Waals surface area (Å²) in [5, 5.41) is 38.9. The molecule has 1 aliphatic heterocycles. The van der Waals surface area contributed by atoms with Crippen molar-refractivity contribution in [3.63, 3.8) is 0 Å². The molecule has 1 aromatic heterocycles. The molecule has 10 nitrogen and oxygen atoms in total. The lowest BCUT2D eigenvalue weighted by atomic mass is 9.84. The van der Waals surface area contributed by atoms with Crippen LogP contribution in [0.1, 0.15) is 39.1 Å². The third-order valence-corrected chi connectivity index (χ3v) is 9.70. The summed E-state index contributed by atoms with van der Waals surface area (Å²) < 4.78 is 29.8. The lowest BCUT2D eigenvalue weighted by molar-refractivity contribution is -0.231. The van der Waals surface area contributed by atoms with E-state index in [-0.39, 0.29) is 24.6 Å². The number of nitrogens with zero attached hydrogens (tertiary/aromatic N) is 5. The van der Waals surface area contributed by atoms with E-state index in [1.165, 1.54) is 6.07 Å². The molecule has 205 valence electrons. The third-order valence-electron chi connectivity index (χ3n) is 7.83. The zero-order chi connectivity index (χ0) is 28.0. The van der Waals surface area contributed by atoms with Gasteiger partial charge in [0, 0.05) is 42.6 Å². The Balaban J connectivity index is 1.84. The molecular weight excluding hydrogens is 506 g/mol. The van der Waals surface area contributed by atoms with E-state index in [9.17, 15) is 23.9 Å². The number of anilines is 1. The minimum atomic E-state index is -4.22. The van der Waals surface area contributed by atoms with Crippen LogP contribution in [0.25, 0.3) is 10.8 Å². The van der Waals surface area contributed by atoms with Crippen LogP contribution in [0.15, 0.2) is 59.5 Å². The number of pyridine rings is 1. The molecule has 1 radical (unpaired) electrons. The minimum absolute atomic E-state index is 0.0726. The van der Waals surface area contributed by atoms with E-state index in [1.54, 1.807) is 64.1 Å². The van der Waals surface area contributed by atoms with Gasteiger partial charge in [-0.1, -0.05) is 30.3 Å². The predicted molar refractivity (Wildman–Crippen MR) is 146 cm³/mol. The quantitative estimate of drug-likeness (QED) is 0.461. The summed E-state index contributed by atoms with van der Waals surface area (Å²) in [4.78, 5) is 6.34. The number of sulfonamides is 1. The molecule has 38 heavy (non-hydrogen) atoms. The smallest absolute Gasteiger partial charge is 0.244 e. The first-order valence-electron chi connectivity index (χ1n) is 12.4. The fraction of sp³-hybridized carbons (Fsp3) is 0.444. The van der Waals surface area contributed by atoms with E-state index in [0.717, 1.165) is 15.4 Å². The minimum Gasteiger partial charge on any atom is -0.784 e. The Morgan fingerprint density at radius 3 is 2.16 bits per heavy atom. The molecule has 1 fully saturated rings. The van der Waals surface area contributed by atoms with Crippen LogP contribution in [-0.4, -0.2) is 70.8 Å². The van der Waals surface area contributed by atoms with Crippen LogP contribution in [0.2, 0.25) is 0 Å². The zero-order valence-electron chi connectivity index (χ0n) is 22.6. The Kier molecular flexibility index (Phi) is 7.58.